The fraction of sp³-hybridized carbons (Fsp3) is 0.391. The summed E-state index contributed by atoms with van der Waals surface area (Å²) in [4.78, 5) is 36.4. The van der Waals surface area contributed by atoms with Gasteiger partial charge in [0.15, 0.2) is 0 Å². The van der Waals surface area contributed by atoms with Crippen LogP contribution in [0.3, 0.4) is 0 Å². The second kappa shape index (κ2) is 8.63. The van der Waals surface area contributed by atoms with Gasteiger partial charge in [0.1, 0.15) is 5.82 Å². The molecule has 2 atom stereocenters. The number of rotatable bonds is 3. The van der Waals surface area contributed by atoms with Crippen molar-refractivity contribution in [1.82, 2.24) is 14.9 Å². The molecule has 0 spiro atoms. The highest BCUT2D eigenvalue weighted by Gasteiger charge is 2.34. The lowest BCUT2D eigenvalue weighted by atomic mass is 9.89. The Bertz CT molecular complexity index is 1140. The second-order valence-corrected chi connectivity index (χ2v) is 9.34. The van der Waals surface area contributed by atoms with E-state index in [1.54, 1.807) is 29.2 Å². The van der Waals surface area contributed by atoms with Crippen molar-refractivity contribution in [1.29, 1.82) is 0 Å². The van der Waals surface area contributed by atoms with Crippen LogP contribution in [0.25, 0.3) is 10.2 Å². The van der Waals surface area contributed by atoms with Crippen molar-refractivity contribution >= 4 is 44.9 Å². The number of nitrogen functional groups attached to an aromatic ring is 1. The number of nitrogens with one attached hydrogen (secondary N) is 1. The lowest BCUT2D eigenvalue weighted by Crippen LogP contribution is -2.46. The number of thiazole rings is 1. The Balaban J connectivity index is 1.58. The van der Waals surface area contributed by atoms with Crippen molar-refractivity contribution in [2.75, 3.05) is 17.6 Å². The van der Waals surface area contributed by atoms with E-state index in [0.717, 1.165) is 45.6 Å². The Morgan fingerprint density at radius 1 is 1.29 bits per heavy atom. The van der Waals surface area contributed by atoms with Crippen LogP contribution in [0.1, 0.15) is 48.9 Å². The number of piperidine rings is 1. The molecule has 1 aromatic carbocycles. The molecule has 7 nitrogen and oxygen atoms in total. The average Bonchev–Trinajstić information content (AvgIpc) is 3.18. The molecule has 3 aromatic rings. The van der Waals surface area contributed by atoms with Gasteiger partial charge in [-0.15, -0.1) is 11.3 Å². The summed E-state index contributed by atoms with van der Waals surface area (Å²) in [5, 5.41) is 3.78. The minimum absolute atomic E-state index is 0.142. The van der Waals surface area contributed by atoms with E-state index in [1.165, 1.54) is 6.20 Å². The van der Waals surface area contributed by atoms with Gasteiger partial charge in [0, 0.05) is 6.54 Å². The predicted octanol–water partition coefficient (Wildman–Crippen LogP) is 4.08. The lowest BCUT2D eigenvalue weighted by Gasteiger charge is -2.38. The standard InChI is InChI=1S/C23H27N5O2S/c1-4-20-27-17-10-15(6-8-19(17)31-20)18-7-5-13(2)12-28(18)23(30)22(29)26-16-9-14(3)21(24)25-11-16/h6,8-11,13,18H,4-5,7,12H2,1-3H3,(H2,24,25)(H,26,29)/t13-,18+/m0/s1. The first-order valence-corrected chi connectivity index (χ1v) is 11.4. The molecule has 3 N–H and O–H groups in total. The number of anilines is 2. The summed E-state index contributed by atoms with van der Waals surface area (Å²) in [5.74, 6) is -0.451. The van der Waals surface area contributed by atoms with E-state index < -0.39 is 11.8 Å². The third-order valence-electron chi connectivity index (χ3n) is 5.79. The Kier molecular flexibility index (Phi) is 5.91. The molecule has 1 fully saturated rings. The molecule has 0 aliphatic carbocycles. The second-order valence-electron chi connectivity index (χ2n) is 8.22. The number of hydrogen-bond donors (Lipinski definition) is 2. The summed E-state index contributed by atoms with van der Waals surface area (Å²) < 4.78 is 1.15. The third kappa shape index (κ3) is 4.39. The zero-order chi connectivity index (χ0) is 22.1. The van der Waals surface area contributed by atoms with Crippen LogP contribution >= 0.6 is 11.3 Å². The normalized spacial score (nSPS) is 18.9. The lowest BCUT2D eigenvalue weighted by molar-refractivity contribution is -0.146. The third-order valence-corrected chi connectivity index (χ3v) is 6.97. The quantitative estimate of drug-likeness (QED) is 0.601. The van der Waals surface area contributed by atoms with Crippen LogP contribution in [0.2, 0.25) is 0 Å². The minimum Gasteiger partial charge on any atom is -0.383 e. The zero-order valence-corrected chi connectivity index (χ0v) is 18.8. The van der Waals surface area contributed by atoms with Crippen LogP contribution in [-0.4, -0.2) is 33.2 Å². The molecule has 0 unspecified atom stereocenters. The maximum atomic E-state index is 13.2. The summed E-state index contributed by atoms with van der Waals surface area (Å²) in [5.41, 5.74) is 8.93. The number of pyridine rings is 1. The largest absolute Gasteiger partial charge is 0.383 e. The van der Waals surface area contributed by atoms with Crippen LogP contribution in [0.5, 0.6) is 0 Å². The number of likely N-dealkylation sites (tertiary alicyclic amines) is 1. The molecule has 1 saturated heterocycles. The Hall–Kier alpha value is -3.00. The van der Waals surface area contributed by atoms with Crippen molar-refractivity contribution in [3.8, 4) is 0 Å². The van der Waals surface area contributed by atoms with Crippen LogP contribution in [0, 0.1) is 12.8 Å². The van der Waals surface area contributed by atoms with Gasteiger partial charge in [-0.3, -0.25) is 9.59 Å². The molecule has 2 aromatic heterocycles. The molecule has 0 saturated carbocycles. The van der Waals surface area contributed by atoms with E-state index in [9.17, 15) is 9.59 Å². The molecule has 3 heterocycles. The molecule has 4 rings (SSSR count). The van der Waals surface area contributed by atoms with E-state index >= 15 is 0 Å². The molecule has 8 heteroatoms. The maximum Gasteiger partial charge on any atom is 0.313 e. The van der Waals surface area contributed by atoms with Crippen LogP contribution in [0.15, 0.2) is 30.5 Å². The van der Waals surface area contributed by atoms with E-state index in [-0.39, 0.29) is 6.04 Å². The summed E-state index contributed by atoms with van der Waals surface area (Å²) in [6, 6.07) is 7.77. The van der Waals surface area contributed by atoms with E-state index in [1.807, 2.05) is 0 Å². The highest BCUT2D eigenvalue weighted by molar-refractivity contribution is 7.18. The number of nitrogens with two attached hydrogens (primary N) is 1. The van der Waals surface area contributed by atoms with Gasteiger partial charge in [-0.05, 0) is 61.4 Å². The van der Waals surface area contributed by atoms with Crippen molar-refractivity contribution in [3.63, 3.8) is 0 Å². The number of hydrogen-bond acceptors (Lipinski definition) is 6. The smallest absolute Gasteiger partial charge is 0.313 e. The molecule has 31 heavy (non-hydrogen) atoms. The molecule has 1 aliphatic heterocycles. The molecular formula is C23H27N5O2S. The number of carbonyl (C=O) groups excluding carboxylic acids is 2. The molecule has 0 radical (unpaired) electrons. The van der Waals surface area contributed by atoms with Gasteiger partial charge in [0.2, 0.25) is 0 Å². The van der Waals surface area contributed by atoms with E-state index in [4.69, 9.17) is 10.7 Å². The van der Waals surface area contributed by atoms with Gasteiger partial charge in [0.05, 0.1) is 33.2 Å². The number of nitrogens with zero attached hydrogens (tertiary/aromatic N) is 3. The monoisotopic (exact) mass is 437 g/mol. The van der Waals surface area contributed by atoms with Gasteiger partial charge >= 0.3 is 11.8 Å². The Morgan fingerprint density at radius 3 is 2.84 bits per heavy atom. The first-order chi connectivity index (χ1) is 14.9. The fourth-order valence-corrected chi connectivity index (χ4v) is 4.93. The highest BCUT2D eigenvalue weighted by atomic mass is 32.1. The van der Waals surface area contributed by atoms with Crippen LogP contribution in [-0.2, 0) is 16.0 Å². The number of aromatic nitrogens is 2. The number of amides is 2. The van der Waals surface area contributed by atoms with Gasteiger partial charge in [-0.2, -0.15) is 0 Å². The number of benzene rings is 1. The van der Waals surface area contributed by atoms with Crippen LogP contribution in [0.4, 0.5) is 11.5 Å². The van der Waals surface area contributed by atoms with Gasteiger partial charge in [-0.25, -0.2) is 9.97 Å². The minimum atomic E-state index is -0.659. The summed E-state index contributed by atoms with van der Waals surface area (Å²) >= 11 is 1.70. The maximum absolute atomic E-state index is 13.2. The van der Waals surface area contributed by atoms with Gasteiger partial charge in [0.25, 0.3) is 0 Å². The Morgan fingerprint density at radius 2 is 2.10 bits per heavy atom. The molecule has 2 amide bonds. The summed E-state index contributed by atoms with van der Waals surface area (Å²) in [6.07, 6.45) is 4.19. The SMILES string of the molecule is CCc1nc2cc([C@H]3CC[C@H](C)CN3C(=O)C(=O)Nc3cnc(N)c(C)c3)ccc2s1. The van der Waals surface area contributed by atoms with Gasteiger partial charge < -0.3 is 16.0 Å². The van der Waals surface area contributed by atoms with Crippen molar-refractivity contribution in [2.45, 2.75) is 46.1 Å². The fourth-order valence-electron chi connectivity index (χ4n) is 4.04. The number of fused-ring (bicyclic) bond motifs is 1. The zero-order valence-electron chi connectivity index (χ0n) is 18.0. The topological polar surface area (TPSA) is 101 Å². The molecule has 1 aliphatic rings. The summed E-state index contributed by atoms with van der Waals surface area (Å²) in [6.45, 7) is 6.56. The molecular weight excluding hydrogens is 410 g/mol. The van der Waals surface area contributed by atoms with Crippen molar-refractivity contribution in [3.05, 3.63) is 46.6 Å². The highest BCUT2D eigenvalue weighted by Crippen LogP contribution is 2.35. The first kappa shape index (κ1) is 21.2. The van der Waals surface area contributed by atoms with Crippen molar-refractivity contribution < 1.29 is 9.59 Å². The van der Waals surface area contributed by atoms with Gasteiger partial charge in [-0.1, -0.05) is 19.9 Å². The number of aryl methyl sites for hydroxylation is 2. The predicted molar refractivity (Wildman–Crippen MR) is 124 cm³/mol. The van der Waals surface area contributed by atoms with E-state index in [0.29, 0.717) is 24.0 Å². The number of carbonyl (C=O) groups is 2. The first-order valence-electron chi connectivity index (χ1n) is 10.6. The molecule has 0 bridgehead atoms. The van der Waals surface area contributed by atoms with E-state index in [2.05, 4.69) is 42.3 Å². The van der Waals surface area contributed by atoms with Crippen LogP contribution < -0.4 is 11.1 Å². The van der Waals surface area contributed by atoms with Crippen molar-refractivity contribution in [2.24, 2.45) is 5.92 Å². The summed E-state index contributed by atoms with van der Waals surface area (Å²) in [7, 11) is 0. The average molecular weight is 438 g/mol. The Labute approximate surface area is 185 Å². The molecule has 162 valence electrons.